The number of nitrogens with one attached hydrogen (secondary N) is 3. The number of Topliss-reactive ketones (excluding diaryl/α,β-unsaturated/α-hetero) is 1. The topological polar surface area (TPSA) is 130 Å². The van der Waals surface area contributed by atoms with Gasteiger partial charge in [0.1, 0.15) is 0 Å². The van der Waals surface area contributed by atoms with Crippen LogP contribution in [-0.4, -0.2) is 43.2 Å². The van der Waals surface area contributed by atoms with E-state index in [1.165, 1.54) is 11.3 Å². The van der Waals surface area contributed by atoms with E-state index in [0.29, 0.717) is 41.3 Å². The molecule has 3 aromatic heterocycles. The average Bonchev–Trinajstić information content (AvgIpc) is 3.25. The third-order valence-corrected chi connectivity index (χ3v) is 7.42. The van der Waals surface area contributed by atoms with E-state index in [1.807, 2.05) is 36.4 Å². The summed E-state index contributed by atoms with van der Waals surface area (Å²) in [7, 11) is 0. The molecule has 37 heavy (non-hydrogen) atoms. The highest BCUT2D eigenvalue weighted by molar-refractivity contribution is 7.17. The highest BCUT2D eigenvalue weighted by atomic mass is 32.1. The molecule has 2 aliphatic rings. The van der Waals surface area contributed by atoms with E-state index >= 15 is 0 Å². The minimum absolute atomic E-state index is 0.0321. The number of nitrogens with zero attached hydrogens (tertiary/aromatic N) is 4. The Hall–Kier alpha value is -4.38. The third-order valence-electron chi connectivity index (χ3n) is 6.20. The van der Waals surface area contributed by atoms with Crippen LogP contribution in [0.15, 0.2) is 48.2 Å². The molecule has 4 heterocycles. The molecule has 2 fully saturated rings. The fraction of sp³-hybridized carbons (Fsp3) is 0.231. The van der Waals surface area contributed by atoms with Crippen LogP contribution in [0.3, 0.4) is 0 Å². The summed E-state index contributed by atoms with van der Waals surface area (Å²) in [4.78, 5) is 46.6. The molecule has 1 saturated heterocycles. The maximum Gasteiger partial charge on any atom is 0.254 e. The van der Waals surface area contributed by atoms with Crippen LogP contribution >= 0.6 is 11.3 Å². The first-order valence-corrected chi connectivity index (χ1v) is 12.8. The van der Waals surface area contributed by atoms with Crippen molar-refractivity contribution in [1.29, 1.82) is 0 Å². The lowest BCUT2D eigenvalue weighted by molar-refractivity contribution is -0.124. The molecule has 0 unspecified atom stereocenters. The van der Waals surface area contributed by atoms with Gasteiger partial charge in [-0.3, -0.25) is 19.7 Å². The van der Waals surface area contributed by atoms with Crippen LogP contribution in [0, 0.1) is 0 Å². The lowest BCUT2D eigenvalue weighted by atomic mass is 10.1. The SMILES string of the molecule is CC(=O)c1ccc(-c2ccccc2CNc2nc(NC3CC3)n3ncc(/C=C4\CC(=O)NC4=O)c3n2)s1. The minimum Gasteiger partial charge on any atom is -0.351 e. The van der Waals surface area contributed by atoms with Crippen molar-refractivity contribution in [2.24, 2.45) is 0 Å². The van der Waals surface area contributed by atoms with Gasteiger partial charge in [0.2, 0.25) is 17.8 Å². The maximum absolute atomic E-state index is 12.1. The molecule has 186 valence electrons. The molecule has 4 aromatic rings. The summed E-state index contributed by atoms with van der Waals surface area (Å²) >= 11 is 1.47. The zero-order valence-corrected chi connectivity index (χ0v) is 20.8. The Morgan fingerprint density at radius 2 is 2.03 bits per heavy atom. The first-order valence-electron chi connectivity index (χ1n) is 11.9. The Bertz CT molecular complexity index is 1600. The number of rotatable bonds is 8. The van der Waals surface area contributed by atoms with Crippen LogP contribution in [0.4, 0.5) is 11.9 Å². The number of carbonyl (C=O) groups excluding carboxylic acids is 3. The molecule has 3 N–H and O–H groups in total. The number of aromatic nitrogens is 4. The minimum atomic E-state index is -0.397. The Balaban J connectivity index is 1.32. The number of hydrogen-bond acceptors (Lipinski definition) is 9. The molecule has 2 amide bonds. The fourth-order valence-electron chi connectivity index (χ4n) is 4.15. The number of fused-ring (bicyclic) bond motifs is 1. The highest BCUT2D eigenvalue weighted by Gasteiger charge is 2.26. The number of thiophene rings is 1. The first kappa shape index (κ1) is 23.0. The van der Waals surface area contributed by atoms with Gasteiger partial charge in [0.15, 0.2) is 11.4 Å². The standard InChI is InChI=1S/C26H23N7O3S/c1-14(34)20-8-9-21(37-20)19-5-3-2-4-15(19)12-27-25-31-23-17(10-16-11-22(35)30-24(16)36)13-28-33(23)26(32-25)29-18-6-7-18/h2-5,8-10,13,18H,6-7,11-12H2,1H3,(H,30,35,36)(H2,27,29,31,32)/b16-10+. The Labute approximate surface area is 215 Å². The predicted octanol–water partition coefficient (Wildman–Crippen LogP) is 3.67. The van der Waals surface area contributed by atoms with Gasteiger partial charge in [0.25, 0.3) is 5.91 Å². The second kappa shape index (κ2) is 9.25. The molecule has 0 radical (unpaired) electrons. The van der Waals surface area contributed by atoms with E-state index < -0.39 is 5.91 Å². The molecule has 0 spiro atoms. The van der Waals surface area contributed by atoms with Gasteiger partial charge < -0.3 is 10.6 Å². The summed E-state index contributed by atoms with van der Waals surface area (Å²) in [6.45, 7) is 2.03. The predicted molar refractivity (Wildman–Crippen MR) is 140 cm³/mol. The quantitative estimate of drug-likeness (QED) is 0.185. The van der Waals surface area contributed by atoms with Crippen molar-refractivity contribution in [2.75, 3.05) is 10.6 Å². The Morgan fingerprint density at radius 1 is 1.19 bits per heavy atom. The summed E-state index contributed by atoms with van der Waals surface area (Å²) in [5.41, 5.74) is 3.60. The fourth-order valence-corrected chi connectivity index (χ4v) is 5.11. The smallest absolute Gasteiger partial charge is 0.254 e. The number of benzene rings is 1. The van der Waals surface area contributed by atoms with Crippen molar-refractivity contribution in [3.8, 4) is 10.4 Å². The zero-order valence-electron chi connectivity index (χ0n) is 19.9. The summed E-state index contributed by atoms with van der Waals surface area (Å²) in [6, 6.07) is 12.2. The molecule has 11 heteroatoms. The van der Waals surface area contributed by atoms with Crippen LogP contribution in [0.1, 0.15) is 47.0 Å². The monoisotopic (exact) mass is 513 g/mol. The van der Waals surface area contributed by atoms with E-state index in [4.69, 9.17) is 0 Å². The molecule has 0 atom stereocenters. The molecule has 1 aliphatic carbocycles. The van der Waals surface area contributed by atoms with Gasteiger partial charge >= 0.3 is 0 Å². The van der Waals surface area contributed by atoms with Gasteiger partial charge in [0.05, 0.1) is 17.5 Å². The van der Waals surface area contributed by atoms with E-state index in [2.05, 4.69) is 31.0 Å². The van der Waals surface area contributed by atoms with Crippen molar-refractivity contribution in [2.45, 2.75) is 38.8 Å². The Morgan fingerprint density at radius 3 is 2.76 bits per heavy atom. The van der Waals surface area contributed by atoms with Gasteiger partial charge in [-0.2, -0.15) is 19.6 Å². The van der Waals surface area contributed by atoms with Crippen molar-refractivity contribution in [3.63, 3.8) is 0 Å². The lowest BCUT2D eigenvalue weighted by Gasteiger charge is -2.12. The number of hydrogen-bond donors (Lipinski definition) is 3. The van der Waals surface area contributed by atoms with E-state index in [9.17, 15) is 14.4 Å². The molecular weight excluding hydrogens is 490 g/mol. The van der Waals surface area contributed by atoms with Gasteiger partial charge in [-0.25, -0.2) is 0 Å². The summed E-state index contributed by atoms with van der Waals surface area (Å²) < 4.78 is 1.62. The second-order valence-corrected chi connectivity index (χ2v) is 10.2. The van der Waals surface area contributed by atoms with Gasteiger partial charge in [-0.15, -0.1) is 11.3 Å². The lowest BCUT2D eigenvalue weighted by Crippen LogP contribution is -2.19. The van der Waals surface area contributed by atoms with Crippen molar-refractivity contribution in [3.05, 3.63) is 64.2 Å². The summed E-state index contributed by atoms with van der Waals surface area (Å²) in [5.74, 6) is 0.305. The van der Waals surface area contributed by atoms with Gasteiger partial charge in [0, 0.05) is 28.6 Å². The van der Waals surface area contributed by atoms with Gasteiger partial charge in [-0.05, 0) is 49.1 Å². The van der Waals surface area contributed by atoms with Crippen molar-refractivity contribution >= 4 is 52.6 Å². The third kappa shape index (κ3) is 4.73. The van der Waals surface area contributed by atoms with Crippen LogP contribution in [0.25, 0.3) is 22.2 Å². The van der Waals surface area contributed by atoms with Crippen LogP contribution in [0.5, 0.6) is 0 Å². The summed E-state index contributed by atoms with van der Waals surface area (Å²) in [5, 5.41) is 13.5. The van der Waals surface area contributed by atoms with Crippen molar-refractivity contribution < 1.29 is 14.4 Å². The number of imide groups is 1. The van der Waals surface area contributed by atoms with Crippen molar-refractivity contribution in [1.82, 2.24) is 24.9 Å². The largest absolute Gasteiger partial charge is 0.351 e. The van der Waals surface area contributed by atoms with E-state index in [-0.39, 0.29) is 18.1 Å². The van der Waals surface area contributed by atoms with E-state index in [0.717, 1.165) is 33.7 Å². The van der Waals surface area contributed by atoms with Gasteiger partial charge in [-0.1, -0.05) is 24.3 Å². The first-order chi connectivity index (χ1) is 17.9. The highest BCUT2D eigenvalue weighted by Crippen LogP contribution is 2.32. The maximum atomic E-state index is 12.1. The van der Waals surface area contributed by atoms with E-state index in [1.54, 1.807) is 23.7 Å². The summed E-state index contributed by atoms with van der Waals surface area (Å²) in [6.07, 6.45) is 5.42. The zero-order chi connectivity index (χ0) is 25.5. The normalized spacial score (nSPS) is 16.4. The number of amides is 2. The molecule has 1 aromatic carbocycles. The molecule has 10 nitrogen and oxygen atoms in total. The number of carbonyl (C=O) groups is 3. The molecule has 1 aliphatic heterocycles. The molecule has 0 bridgehead atoms. The average molecular weight is 514 g/mol. The second-order valence-electron chi connectivity index (χ2n) is 9.08. The molecular formula is C26H23N7O3S. The Kier molecular flexibility index (Phi) is 5.76. The molecule has 1 saturated carbocycles. The van der Waals surface area contributed by atoms with Crippen LogP contribution < -0.4 is 16.0 Å². The van der Waals surface area contributed by atoms with Crippen LogP contribution in [0.2, 0.25) is 0 Å². The number of anilines is 2. The molecule has 6 rings (SSSR count). The number of ketones is 1. The van der Waals surface area contributed by atoms with Crippen LogP contribution in [-0.2, 0) is 16.1 Å².